The van der Waals surface area contributed by atoms with Gasteiger partial charge < -0.3 is 63.0 Å². The molecule has 122 heavy (non-hydrogen) atoms. The molecule has 4 N–H and O–H groups in total. The summed E-state index contributed by atoms with van der Waals surface area (Å²) in [4.78, 5) is 205. The Balaban J connectivity index is 0.906. The topological polar surface area (TPSA) is 394 Å². The zero-order chi connectivity index (χ0) is 89.7. The summed E-state index contributed by atoms with van der Waals surface area (Å²) in [6.45, 7) is 11.6. The van der Waals surface area contributed by atoms with E-state index in [1.807, 2.05) is 46.8 Å². The lowest BCUT2D eigenvalue weighted by Gasteiger charge is -2.42. The highest BCUT2D eigenvalue weighted by atomic mass is 35.5. The first-order valence-corrected chi connectivity index (χ1v) is 41.5. The Kier molecular flexibility index (Phi) is 29.7. The van der Waals surface area contributed by atoms with E-state index >= 15 is 14.4 Å². The van der Waals surface area contributed by atoms with Crippen LogP contribution in [-0.4, -0.2) is 260 Å². The minimum absolute atomic E-state index is 0.0998. The molecule has 662 valence electrons. The average molecular weight is 1740 g/mol. The SMILES string of the molecule is COc1cc2cc(c1Cl)N(C)C(=O)C[C@H](CC(=O)[C@H](C)N(C)C(=O)CCN(C(=O)CCN1C(=O)C=CC1=O)N(CCC(=O)N(C)[C@@H](C)C(=O)O[C@H]1CC(=O)N(C)c3cc(cc(OC)c3Cl)C/C(C)=C/C=C/[C@@H](OC)[C@@]3(O)CC(OC(=O)N3)[C@@H](C)[C@H]3C[C@@]13C)C(=O)CCN1C(=O)C=CC1=O)[C@]1(C)C[C@@H]1[C@H](C)C1C[C@@](O)(NC(=O)O1)[C@H](OC)/C=C/C=C(\C)C2. The number of methoxy groups -OCH3 is 4. The number of carbonyl (C=O) groups is 14. The molecule has 8 bridgehead atoms. The van der Waals surface area contributed by atoms with Crippen LogP contribution in [0.5, 0.6) is 11.5 Å². The van der Waals surface area contributed by atoms with Gasteiger partial charge in [-0.15, -0.1) is 0 Å². The number of carbonyl (C=O) groups excluding carboxylic acids is 14. The van der Waals surface area contributed by atoms with Crippen LogP contribution in [0, 0.1) is 40.4 Å². The van der Waals surface area contributed by atoms with Crippen LogP contribution in [0.1, 0.15) is 137 Å². The molecule has 6 heterocycles. The van der Waals surface area contributed by atoms with E-state index < -0.39 is 230 Å². The average Bonchev–Trinajstić information content (AvgIpc) is 1.57. The number of fused-ring (bicyclic) bond motifs is 10. The fourth-order valence-electron chi connectivity index (χ4n) is 17.6. The number of benzene rings is 2. The van der Waals surface area contributed by atoms with E-state index in [0.717, 1.165) is 70.6 Å². The number of alkyl carbamates (subject to hydrolysis) is 2. The van der Waals surface area contributed by atoms with Crippen LogP contribution in [0.2, 0.25) is 10.0 Å². The number of halogens is 2. The number of ether oxygens (including phenoxy) is 7. The molecule has 0 aromatic heterocycles. The van der Waals surface area contributed by atoms with Crippen molar-refractivity contribution < 1.29 is 110 Å². The Morgan fingerprint density at radius 1 is 0.566 bits per heavy atom. The number of aliphatic hydroxyl groups is 2. The number of amides is 12. The number of hydrogen-bond acceptors (Lipinski definition) is 23. The molecule has 10 rings (SSSR count). The minimum Gasteiger partial charge on any atom is -0.495 e. The molecular weight excluding hydrogens is 1620 g/mol. The van der Waals surface area contributed by atoms with Gasteiger partial charge in [0.05, 0.1) is 51.1 Å². The van der Waals surface area contributed by atoms with Crippen LogP contribution in [-0.2, 0) is 94.1 Å². The van der Waals surface area contributed by atoms with Gasteiger partial charge in [-0.2, -0.15) is 0 Å². The highest BCUT2D eigenvalue weighted by Gasteiger charge is 2.64. The Morgan fingerprint density at radius 3 is 1.37 bits per heavy atom. The number of hydrazine groups is 1. The summed E-state index contributed by atoms with van der Waals surface area (Å²) >= 11 is 13.9. The summed E-state index contributed by atoms with van der Waals surface area (Å²) in [6.07, 6.45) is 4.99. The van der Waals surface area contributed by atoms with Gasteiger partial charge in [-0.3, -0.25) is 83.2 Å². The molecular formula is C87H112Cl2N10O23. The molecule has 6 aliphatic heterocycles. The van der Waals surface area contributed by atoms with Crippen molar-refractivity contribution in [2.75, 3.05) is 92.6 Å². The first-order valence-electron chi connectivity index (χ1n) is 40.8. The maximum atomic E-state index is 15.1. The maximum Gasteiger partial charge on any atom is 0.409 e. The third-order valence-electron chi connectivity index (χ3n) is 25.9. The number of Topliss-reactive ketones (excluding diaryl/α,β-unsaturated/α-hetero) is 1. The van der Waals surface area contributed by atoms with Gasteiger partial charge in [-0.25, -0.2) is 14.4 Å². The fourth-order valence-corrected chi connectivity index (χ4v) is 18.2. The lowest BCUT2D eigenvalue weighted by molar-refractivity contribution is -0.168. The summed E-state index contributed by atoms with van der Waals surface area (Å²) in [6, 6.07) is 4.28. The predicted molar refractivity (Wildman–Crippen MR) is 445 cm³/mol. The molecule has 2 saturated carbocycles. The summed E-state index contributed by atoms with van der Waals surface area (Å²) in [5, 5.41) is 31.3. The third-order valence-corrected chi connectivity index (χ3v) is 26.6. The van der Waals surface area contributed by atoms with E-state index in [-0.39, 0.29) is 53.1 Å². The molecule has 2 unspecified atom stereocenters. The Labute approximate surface area is 719 Å². The van der Waals surface area contributed by atoms with Crippen molar-refractivity contribution in [1.29, 1.82) is 0 Å². The van der Waals surface area contributed by atoms with Gasteiger partial charge in [-0.1, -0.05) is 98.5 Å². The molecule has 16 atom stereocenters. The van der Waals surface area contributed by atoms with Crippen molar-refractivity contribution in [3.8, 4) is 11.5 Å². The van der Waals surface area contributed by atoms with Crippen molar-refractivity contribution in [3.63, 3.8) is 0 Å². The molecule has 2 aromatic rings. The molecule has 8 aliphatic rings. The van der Waals surface area contributed by atoms with Crippen molar-refractivity contribution >= 4 is 118 Å². The van der Waals surface area contributed by atoms with Gasteiger partial charge >= 0.3 is 18.2 Å². The number of hydrogen-bond donors (Lipinski definition) is 4. The van der Waals surface area contributed by atoms with Gasteiger partial charge in [-0.05, 0) is 124 Å². The standard InChI is InChI=1S/C87H112Cl2N10O23/c1-48-19-17-21-66(118-15)86(114)46-64(120-82(112)90-86)50(3)57-44-84(57,7)56(42-77(109)94(11)59-37-54(35-48)39-62(116-13)79(59)88)41-61(100)52(5)92(9)69(101)29-33-98(75(107)27-31-96-71(103)23-24-72(96)104)99(76(108)28-32-97-73(105)25-26-74(97)106)34-30-70(102)93(10)53(6)81(111)122-68-43-78(110)95(12)60-38-55(40-63(117-14)80(60)89)36-49(2)20-18-22-67(119-16)87(115)47-65(121-83(113)91-87)51(4)58-45-85(58,68)8/h17-26,37-40,50-53,56-58,64-68,114-115H,27-36,41-47H2,1-16H3,(H,90,112)(H,91,113)/b21-17+,22-18+,48-19+,49-20+/t50-,51-,52-,53-,56-,57+,58+,64?,65?,66+,67+,68-,84-,85+,86-,87-/m0/s1. The number of rotatable bonds is 23. The molecule has 12 amide bonds. The zero-order valence-electron chi connectivity index (χ0n) is 71.8. The quantitative estimate of drug-likeness (QED) is 0.0363. The first kappa shape index (κ1) is 93.9. The monoisotopic (exact) mass is 1730 g/mol. The molecule has 0 radical (unpaired) electrons. The van der Waals surface area contributed by atoms with Crippen molar-refractivity contribution in [2.45, 2.75) is 193 Å². The normalized spacial score (nSPS) is 29.9. The second-order valence-corrected chi connectivity index (χ2v) is 34.6. The van der Waals surface area contributed by atoms with E-state index in [1.54, 1.807) is 62.5 Å². The molecule has 33 nitrogen and oxygen atoms in total. The summed E-state index contributed by atoms with van der Waals surface area (Å²) in [7, 11) is 11.4. The third kappa shape index (κ3) is 20.8. The molecule has 2 saturated heterocycles. The Morgan fingerprint density at radius 2 is 0.959 bits per heavy atom. The molecule has 4 fully saturated rings. The second-order valence-electron chi connectivity index (χ2n) is 33.8. The van der Waals surface area contributed by atoms with E-state index in [4.69, 9.17) is 56.4 Å². The molecule has 2 aromatic carbocycles. The van der Waals surface area contributed by atoms with Crippen LogP contribution in [0.25, 0.3) is 0 Å². The number of nitrogens with one attached hydrogen (secondary N) is 2. The first-order chi connectivity index (χ1) is 57.4. The van der Waals surface area contributed by atoms with Crippen LogP contribution in [0.4, 0.5) is 21.0 Å². The lowest BCUT2D eigenvalue weighted by atomic mass is 9.77. The number of anilines is 2. The highest BCUT2D eigenvalue weighted by Crippen LogP contribution is 2.65. The Hall–Kier alpha value is -10.3. The van der Waals surface area contributed by atoms with Crippen molar-refractivity contribution in [2.24, 2.45) is 40.4 Å². The van der Waals surface area contributed by atoms with E-state index in [1.165, 1.54) is 73.2 Å². The van der Waals surface area contributed by atoms with Gasteiger partial charge in [0.2, 0.25) is 35.4 Å². The smallest absolute Gasteiger partial charge is 0.409 e. The summed E-state index contributed by atoms with van der Waals surface area (Å²) in [5.41, 5.74) is -1.99. The number of likely N-dealkylation sites (N-methyl/N-ethyl adjacent to an activating group) is 2. The molecule has 35 heteroatoms. The summed E-state index contributed by atoms with van der Waals surface area (Å²) in [5.74, 6) is -10.9. The van der Waals surface area contributed by atoms with E-state index in [9.17, 15) is 63.0 Å². The minimum atomic E-state index is -1.95. The number of ketones is 1. The van der Waals surface area contributed by atoms with Crippen LogP contribution >= 0.6 is 23.2 Å². The zero-order valence-corrected chi connectivity index (χ0v) is 73.3. The highest BCUT2D eigenvalue weighted by molar-refractivity contribution is 6.36. The van der Waals surface area contributed by atoms with Gasteiger partial charge in [0.15, 0.2) is 17.2 Å². The largest absolute Gasteiger partial charge is 0.495 e. The van der Waals surface area contributed by atoms with Gasteiger partial charge in [0.1, 0.15) is 58.1 Å². The number of allylic oxidation sites excluding steroid dienone is 6. The van der Waals surface area contributed by atoms with Crippen molar-refractivity contribution in [3.05, 3.63) is 117 Å². The summed E-state index contributed by atoms with van der Waals surface area (Å²) < 4.78 is 41.0. The number of imide groups is 2. The molecule has 2 aliphatic carbocycles. The molecule has 0 spiro atoms. The van der Waals surface area contributed by atoms with Crippen LogP contribution in [0.3, 0.4) is 0 Å². The van der Waals surface area contributed by atoms with E-state index in [2.05, 4.69) is 10.6 Å². The maximum absolute atomic E-state index is 15.1. The number of nitrogens with zero attached hydrogens (tertiary/aromatic N) is 8. The lowest BCUT2D eigenvalue weighted by Crippen LogP contribution is -2.63. The predicted octanol–water partition coefficient (Wildman–Crippen LogP) is 7.43. The number of esters is 1. The van der Waals surface area contributed by atoms with Crippen LogP contribution < -0.4 is 29.9 Å². The van der Waals surface area contributed by atoms with Gasteiger partial charge in [0, 0.05) is 137 Å². The van der Waals surface area contributed by atoms with E-state index in [0.29, 0.717) is 42.7 Å². The van der Waals surface area contributed by atoms with Gasteiger partial charge in [0.25, 0.3) is 23.6 Å². The van der Waals surface area contributed by atoms with Crippen molar-refractivity contribution in [1.82, 2.24) is 40.3 Å². The van der Waals surface area contributed by atoms with Crippen LogP contribution in [0.15, 0.2) is 96.2 Å². The second kappa shape index (κ2) is 38.6. The Bertz CT molecular complexity index is 4360. The fraction of sp³-hybridized carbons (Fsp3) is 0.563.